The third-order valence-corrected chi connectivity index (χ3v) is 4.02. The van der Waals surface area contributed by atoms with Crippen LogP contribution in [-0.4, -0.2) is 34.9 Å². The van der Waals surface area contributed by atoms with Crippen molar-refractivity contribution in [2.24, 2.45) is 0 Å². The van der Waals surface area contributed by atoms with E-state index in [9.17, 15) is 9.59 Å². The maximum absolute atomic E-state index is 11.9. The van der Waals surface area contributed by atoms with Crippen molar-refractivity contribution < 1.29 is 9.59 Å². The van der Waals surface area contributed by atoms with Gasteiger partial charge in [-0.3, -0.25) is 9.59 Å². The average molecular weight is 289 g/mol. The minimum atomic E-state index is -0.169. The molecule has 1 aliphatic heterocycles. The van der Waals surface area contributed by atoms with Crippen LogP contribution in [0.3, 0.4) is 0 Å². The monoisotopic (exact) mass is 289 g/mol. The first-order chi connectivity index (χ1) is 9.60. The number of nitrogens with one attached hydrogen (secondary N) is 1. The number of benzene rings is 1. The van der Waals surface area contributed by atoms with Crippen LogP contribution in [0.4, 0.5) is 0 Å². The molecule has 1 saturated heterocycles. The number of nitrogens with zero attached hydrogens (tertiary/aromatic N) is 2. The molecule has 2 amide bonds. The largest absolute Gasteiger partial charge is 0.348 e. The summed E-state index contributed by atoms with van der Waals surface area (Å²) in [5.41, 5.74) is 1.52. The molecule has 6 heteroatoms. The molecule has 1 aliphatic rings. The molecule has 0 aliphatic carbocycles. The summed E-state index contributed by atoms with van der Waals surface area (Å²) in [4.78, 5) is 24.9. The van der Waals surface area contributed by atoms with Gasteiger partial charge in [-0.25, -0.2) is 0 Å². The van der Waals surface area contributed by atoms with Crippen LogP contribution in [0.5, 0.6) is 0 Å². The average Bonchev–Trinajstić information content (AvgIpc) is 2.84. The molecule has 0 spiro atoms. The van der Waals surface area contributed by atoms with Crippen LogP contribution in [0.15, 0.2) is 24.3 Å². The SMILES string of the molecule is CC(NC(=O)CN1CSCC1=O)c1ccc(C#N)cc1. The van der Waals surface area contributed by atoms with Crippen LogP contribution < -0.4 is 5.32 Å². The number of carbonyl (C=O) groups is 2. The highest BCUT2D eigenvalue weighted by molar-refractivity contribution is 8.00. The Kier molecular flexibility index (Phi) is 4.64. The zero-order valence-corrected chi connectivity index (χ0v) is 11.9. The van der Waals surface area contributed by atoms with Crippen molar-refractivity contribution in [1.82, 2.24) is 10.2 Å². The molecular formula is C14H15N3O2S. The Morgan fingerprint density at radius 2 is 2.20 bits per heavy atom. The summed E-state index contributed by atoms with van der Waals surface area (Å²) >= 11 is 1.52. The Bertz CT molecular complexity index is 551. The summed E-state index contributed by atoms with van der Waals surface area (Å²) < 4.78 is 0. The summed E-state index contributed by atoms with van der Waals surface area (Å²) in [5, 5.41) is 11.6. The van der Waals surface area contributed by atoms with Crippen molar-refractivity contribution in [2.75, 3.05) is 18.2 Å². The smallest absolute Gasteiger partial charge is 0.240 e. The molecule has 1 aromatic carbocycles. The molecule has 0 saturated carbocycles. The minimum absolute atomic E-state index is 0.0103. The van der Waals surface area contributed by atoms with E-state index in [0.29, 0.717) is 17.2 Å². The molecule has 20 heavy (non-hydrogen) atoms. The van der Waals surface area contributed by atoms with E-state index < -0.39 is 0 Å². The Hall–Kier alpha value is -2.00. The molecule has 0 radical (unpaired) electrons. The van der Waals surface area contributed by atoms with E-state index in [1.807, 2.05) is 19.1 Å². The van der Waals surface area contributed by atoms with Gasteiger partial charge in [-0.15, -0.1) is 11.8 Å². The third kappa shape index (κ3) is 3.52. The lowest BCUT2D eigenvalue weighted by atomic mass is 10.1. The van der Waals surface area contributed by atoms with Crippen LogP contribution in [0, 0.1) is 11.3 Å². The van der Waals surface area contributed by atoms with Gasteiger partial charge in [0.1, 0.15) is 6.54 Å². The van der Waals surface area contributed by atoms with Gasteiger partial charge in [-0.1, -0.05) is 12.1 Å². The molecular weight excluding hydrogens is 274 g/mol. The predicted octanol–water partition coefficient (Wildman–Crippen LogP) is 1.27. The standard InChI is InChI=1S/C14H15N3O2S/c1-10(12-4-2-11(6-15)3-5-12)16-13(18)7-17-9-20-8-14(17)19/h2-5,10H,7-9H2,1H3,(H,16,18). The number of amides is 2. The van der Waals surface area contributed by atoms with Crippen molar-refractivity contribution >= 4 is 23.6 Å². The number of hydrogen-bond donors (Lipinski definition) is 1. The normalized spacial score (nSPS) is 15.8. The number of rotatable bonds is 4. The van der Waals surface area contributed by atoms with Crippen LogP contribution >= 0.6 is 11.8 Å². The van der Waals surface area contributed by atoms with Crippen LogP contribution in [0.1, 0.15) is 24.1 Å². The van der Waals surface area contributed by atoms with Crippen molar-refractivity contribution in [1.29, 1.82) is 5.26 Å². The zero-order valence-electron chi connectivity index (χ0n) is 11.1. The Morgan fingerprint density at radius 1 is 1.50 bits per heavy atom. The van der Waals surface area contributed by atoms with Gasteiger partial charge in [-0.05, 0) is 24.6 Å². The molecule has 1 aromatic rings. The Labute approximate surface area is 121 Å². The van der Waals surface area contributed by atoms with E-state index in [1.54, 1.807) is 17.0 Å². The van der Waals surface area contributed by atoms with Gasteiger partial charge in [0.2, 0.25) is 11.8 Å². The summed E-state index contributed by atoms with van der Waals surface area (Å²) in [6.45, 7) is 1.98. The summed E-state index contributed by atoms with van der Waals surface area (Å²) in [6, 6.07) is 8.98. The van der Waals surface area contributed by atoms with E-state index in [-0.39, 0.29) is 24.4 Å². The lowest BCUT2D eigenvalue weighted by Crippen LogP contribution is -2.39. The van der Waals surface area contributed by atoms with Crippen molar-refractivity contribution in [3.05, 3.63) is 35.4 Å². The summed E-state index contributed by atoms with van der Waals surface area (Å²) in [5.74, 6) is 0.879. The first-order valence-corrected chi connectivity index (χ1v) is 7.40. The van der Waals surface area contributed by atoms with Crippen LogP contribution in [-0.2, 0) is 9.59 Å². The molecule has 1 N–H and O–H groups in total. The number of hydrogen-bond acceptors (Lipinski definition) is 4. The van der Waals surface area contributed by atoms with Crippen molar-refractivity contribution in [3.8, 4) is 6.07 Å². The van der Waals surface area contributed by atoms with E-state index in [4.69, 9.17) is 5.26 Å². The fourth-order valence-corrected chi connectivity index (χ4v) is 2.83. The molecule has 1 atom stereocenters. The highest BCUT2D eigenvalue weighted by Crippen LogP contribution is 2.15. The molecule has 2 rings (SSSR count). The second-order valence-electron chi connectivity index (χ2n) is 4.59. The molecule has 1 heterocycles. The second-order valence-corrected chi connectivity index (χ2v) is 5.55. The minimum Gasteiger partial charge on any atom is -0.348 e. The van der Waals surface area contributed by atoms with Gasteiger partial charge in [0.25, 0.3) is 0 Å². The fraction of sp³-hybridized carbons (Fsp3) is 0.357. The Morgan fingerprint density at radius 3 is 2.75 bits per heavy atom. The Balaban J connectivity index is 1.89. The van der Waals surface area contributed by atoms with Gasteiger partial charge in [0.15, 0.2) is 0 Å². The van der Waals surface area contributed by atoms with Crippen molar-refractivity contribution in [2.45, 2.75) is 13.0 Å². The lowest BCUT2D eigenvalue weighted by Gasteiger charge is -2.18. The van der Waals surface area contributed by atoms with E-state index >= 15 is 0 Å². The first kappa shape index (κ1) is 14.4. The van der Waals surface area contributed by atoms with Gasteiger partial charge >= 0.3 is 0 Å². The maximum atomic E-state index is 11.9. The molecule has 5 nitrogen and oxygen atoms in total. The maximum Gasteiger partial charge on any atom is 0.240 e. The first-order valence-electron chi connectivity index (χ1n) is 6.25. The van der Waals surface area contributed by atoms with Gasteiger partial charge in [0.05, 0.1) is 29.3 Å². The van der Waals surface area contributed by atoms with Crippen molar-refractivity contribution in [3.63, 3.8) is 0 Å². The quantitative estimate of drug-likeness (QED) is 0.906. The van der Waals surface area contributed by atoms with Gasteiger partial charge < -0.3 is 10.2 Å². The molecule has 104 valence electrons. The number of carbonyl (C=O) groups excluding carboxylic acids is 2. The summed E-state index contributed by atoms with van der Waals surface area (Å²) in [7, 11) is 0. The second kappa shape index (κ2) is 6.44. The highest BCUT2D eigenvalue weighted by Gasteiger charge is 2.23. The molecule has 0 aromatic heterocycles. The third-order valence-electron chi connectivity index (χ3n) is 3.08. The number of thioether (sulfide) groups is 1. The van der Waals surface area contributed by atoms with E-state index in [1.165, 1.54) is 11.8 Å². The highest BCUT2D eigenvalue weighted by atomic mass is 32.2. The van der Waals surface area contributed by atoms with Crippen LogP contribution in [0.2, 0.25) is 0 Å². The molecule has 0 bridgehead atoms. The van der Waals surface area contributed by atoms with Crippen LogP contribution in [0.25, 0.3) is 0 Å². The topological polar surface area (TPSA) is 73.2 Å². The zero-order chi connectivity index (χ0) is 14.5. The summed E-state index contributed by atoms with van der Waals surface area (Å²) in [6.07, 6.45) is 0. The van der Waals surface area contributed by atoms with E-state index in [0.717, 1.165) is 5.56 Å². The molecule has 1 fully saturated rings. The predicted molar refractivity (Wildman–Crippen MR) is 76.8 cm³/mol. The van der Waals surface area contributed by atoms with E-state index in [2.05, 4.69) is 11.4 Å². The lowest BCUT2D eigenvalue weighted by molar-refractivity contribution is -0.132. The number of nitriles is 1. The molecule has 1 unspecified atom stereocenters. The van der Waals surface area contributed by atoms with Gasteiger partial charge in [-0.2, -0.15) is 5.26 Å². The van der Waals surface area contributed by atoms with Gasteiger partial charge in [0, 0.05) is 0 Å². The fourth-order valence-electron chi connectivity index (χ4n) is 1.93.